The molecule has 27 heavy (non-hydrogen) atoms. The van der Waals surface area contributed by atoms with Gasteiger partial charge in [0.15, 0.2) is 0 Å². The van der Waals surface area contributed by atoms with Gasteiger partial charge in [-0.05, 0) is 60.5 Å². The highest BCUT2D eigenvalue weighted by Gasteiger charge is 2.41. The quantitative estimate of drug-likeness (QED) is 0.475. The summed E-state index contributed by atoms with van der Waals surface area (Å²) >= 11 is 5.69. The number of aromatic nitrogens is 2. The summed E-state index contributed by atoms with van der Waals surface area (Å²) in [5.41, 5.74) is -0.554. The molecule has 0 aliphatic heterocycles. The van der Waals surface area contributed by atoms with E-state index in [2.05, 4.69) is 27.9 Å². The van der Waals surface area contributed by atoms with Crippen molar-refractivity contribution >= 4 is 11.6 Å². The number of nitrogens with zero attached hydrogens (tertiary/aromatic N) is 3. The largest absolute Gasteiger partial charge is 0.416 e. The molecule has 0 spiro atoms. The second-order valence-corrected chi connectivity index (χ2v) is 6.10. The first kappa shape index (κ1) is 20.7. The van der Waals surface area contributed by atoms with Crippen LogP contribution in [0.15, 0.2) is 30.5 Å². The fourth-order valence-corrected chi connectivity index (χ4v) is 2.90. The molecule has 0 bridgehead atoms. The van der Waals surface area contributed by atoms with Crippen LogP contribution in [0.5, 0.6) is 0 Å². The Hall–Kier alpha value is -2.57. The summed E-state index contributed by atoms with van der Waals surface area (Å²) in [4.78, 5) is 7.63. The van der Waals surface area contributed by atoms with Crippen molar-refractivity contribution in [2.75, 3.05) is 0 Å². The van der Waals surface area contributed by atoms with E-state index < -0.39 is 17.2 Å². The normalized spacial score (nSPS) is 14.6. The van der Waals surface area contributed by atoms with E-state index in [1.165, 1.54) is 18.3 Å². The van der Waals surface area contributed by atoms with Crippen LogP contribution < -0.4 is 0 Å². The highest BCUT2D eigenvalue weighted by Crippen LogP contribution is 2.45. The summed E-state index contributed by atoms with van der Waals surface area (Å²) in [6.45, 7) is 4.00. The Bertz CT molecular complexity index is 917. The van der Waals surface area contributed by atoms with Gasteiger partial charge in [-0.25, -0.2) is 9.97 Å². The Morgan fingerprint density at radius 1 is 1.15 bits per heavy atom. The lowest BCUT2D eigenvalue weighted by atomic mass is 9.64. The summed E-state index contributed by atoms with van der Waals surface area (Å²) in [7, 11) is 0. The van der Waals surface area contributed by atoms with Crippen LogP contribution in [0.2, 0.25) is 5.28 Å². The lowest BCUT2D eigenvalue weighted by Crippen LogP contribution is -2.33. The molecule has 1 aromatic heterocycles. The number of benzene rings is 1. The highest BCUT2D eigenvalue weighted by molar-refractivity contribution is 6.28. The van der Waals surface area contributed by atoms with E-state index in [1.807, 2.05) is 13.8 Å². The standard InChI is InChI=1S/C18H11ClF3N3.C2H6/c19-16-24-9-6-14(25-16)4-2-12-10-13(18(20,21)22)3-5-15(12)17(11-23)7-1-8-17;1-2/h3,5-6,9-10H,1,7-8H2;1-2H3. The highest BCUT2D eigenvalue weighted by atomic mass is 35.5. The number of hydrogen-bond acceptors (Lipinski definition) is 3. The second-order valence-electron chi connectivity index (χ2n) is 5.77. The van der Waals surface area contributed by atoms with Gasteiger partial charge in [-0.1, -0.05) is 25.8 Å². The minimum Gasteiger partial charge on any atom is -0.226 e. The average molecular weight is 392 g/mol. The third-order valence-corrected chi connectivity index (χ3v) is 4.42. The first-order valence-electron chi connectivity index (χ1n) is 8.48. The first-order chi connectivity index (χ1) is 12.8. The molecule has 1 fully saturated rings. The molecule has 1 aromatic carbocycles. The van der Waals surface area contributed by atoms with Crippen LogP contribution in [0, 0.1) is 23.2 Å². The van der Waals surface area contributed by atoms with Gasteiger partial charge in [0.2, 0.25) is 5.28 Å². The van der Waals surface area contributed by atoms with Gasteiger partial charge in [-0.2, -0.15) is 18.4 Å². The van der Waals surface area contributed by atoms with Gasteiger partial charge < -0.3 is 0 Å². The maximum atomic E-state index is 13.0. The molecule has 1 heterocycles. The lowest BCUT2D eigenvalue weighted by molar-refractivity contribution is -0.137. The van der Waals surface area contributed by atoms with Gasteiger partial charge in [0.1, 0.15) is 5.69 Å². The van der Waals surface area contributed by atoms with E-state index in [1.54, 1.807) is 0 Å². The van der Waals surface area contributed by atoms with Crippen LogP contribution in [-0.2, 0) is 11.6 Å². The third kappa shape index (κ3) is 4.59. The van der Waals surface area contributed by atoms with Crippen molar-refractivity contribution in [1.29, 1.82) is 5.26 Å². The van der Waals surface area contributed by atoms with Gasteiger partial charge >= 0.3 is 6.18 Å². The Labute approximate surface area is 161 Å². The van der Waals surface area contributed by atoms with Crippen molar-refractivity contribution in [3.05, 3.63) is 58.1 Å². The average Bonchev–Trinajstić information content (AvgIpc) is 2.61. The zero-order valence-electron chi connectivity index (χ0n) is 14.9. The molecular formula is C20H17ClF3N3. The molecule has 0 atom stereocenters. The van der Waals surface area contributed by atoms with Gasteiger partial charge in [0.05, 0.1) is 17.0 Å². The summed E-state index contributed by atoms with van der Waals surface area (Å²) in [6.07, 6.45) is -0.976. The van der Waals surface area contributed by atoms with Crippen LogP contribution in [-0.4, -0.2) is 9.97 Å². The van der Waals surface area contributed by atoms with Crippen LogP contribution in [0.1, 0.15) is 55.5 Å². The zero-order valence-corrected chi connectivity index (χ0v) is 15.6. The van der Waals surface area contributed by atoms with E-state index in [0.29, 0.717) is 24.1 Å². The molecule has 140 valence electrons. The topological polar surface area (TPSA) is 49.6 Å². The number of rotatable bonds is 1. The molecule has 0 radical (unpaired) electrons. The molecule has 3 nitrogen and oxygen atoms in total. The first-order valence-corrected chi connectivity index (χ1v) is 8.85. The molecule has 1 aliphatic rings. The van der Waals surface area contributed by atoms with Crippen LogP contribution in [0.4, 0.5) is 13.2 Å². The maximum absolute atomic E-state index is 13.0. The molecule has 1 aliphatic carbocycles. The van der Waals surface area contributed by atoms with Crippen molar-refractivity contribution in [2.45, 2.75) is 44.7 Å². The zero-order chi connectivity index (χ0) is 20.1. The second kappa shape index (κ2) is 8.41. The lowest BCUT2D eigenvalue weighted by Gasteiger charge is -2.36. The van der Waals surface area contributed by atoms with Gasteiger partial charge in [-0.3, -0.25) is 0 Å². The van der Waals surface area contributed by atoms with E-state index in [4.69, 9.17) is 11.6 Å². The SMILES string of the molecule is CC.N#CC1(c2ccc(C(F)(F)F)cc2C#Cc2ccnc(Cl)n2)CCC1. The molecule has 0 unspecified atom stereocenters. The van der Waals surface area contributed by atoms with Gasteiger partial charge in [0, 0.05) is 11.8 Å². The minimum atomic E-state index is -4.48. The van der Waals surface area contributed by atoms with E-state index >= 15 is 0 Å². The molecule has 3 rings (SSSR count). The van der Waals surface area contributed by atoms with E-state index in [0.717, 1.165) is 18.6 Å². The van der Waals surface area contributed by atoms with Crippen molar-refractivity contribution in [3.8, 4) is 17.9 Å². The monoisotopic (exact) mass is 391 g/mol. The number of halogens is 4. The Morgan fingerprint density at radius 2 is 1.85 bits per heavy atom. The van der Waals surface area contributed by atoms with Gasteiger partial charge in [-0.15, -0.1) is 0 Å². The third-order valence-electron chi connectivity index (χ3n) is 4.24. The van der Waals surface area contributed by atoms with Crippen molar-refractivity contribution in [3.63, 3.8) is 0 Å². The van der Waals surface area contributed by atoms with Crippen LogP contribution in [0.25, 0.3) is 0 Å². The predicted molar refractivity (Wildman–Crippen MR) is 97.0 cm³/mol. The Kier molecular flexibility index (Phi) is 6.46. The minimum absolute atomic E-state index is 0.00329. The molecule has 2 aromatic rings. The Morgan fingerprint density at radius 3 is 2.37 bits per heavy atom. The summed E-state index contributed by atoms with van der Waals surface area (Å²) in [5, 5.41) is 9.51. The molecule has 0 amide bonds. The number of alkyl halides is 3. The molecular weight excluding hydrogens is 375 g/mol. The smallest absolute Gasteiger partial charge is 0.226 e. The van der Waals surface area contributed by atoms with Crippen molar-refractivity contribution < 1.29 is 13.2 Å². The summed E-state index contributed by atoms with van der Waals surface area (Å²) in [5.74, 6) is 5.43. The van der Waals surface area contributed by atoms with Gasteiger partial charge in [0.25, 0.3) is 0 Å². The molecule has 0 N–H and O–H groups in total. The Balaban J connectivity index is 0.00000126. The fraction of sp³-hybridized carbons (Fsp3) is 0.350. The maximum Gasteiger partial charge on any atom is 0.416 e. The molecule has 1 saturated carbocycles. The number of nitriles is 1. The fourth-order valence-electron chi connectivity index (χ4n) is 2.75. The van der Waals surface area contributed by atoms with E-state index in [-0.39, 0.29) is 10.8 Å². The number of hydrogen-bond donors (Lipinski definition) is 0. The molecule has 7 heteroatoms. The van der Waals surface area contributed by atoms with Crippen LogP contribution >= 0.6 is 11.6 Å². The molecule has 0 saturated heterocycles. The van der Waals surface area contributed by atoms with Crippen molar-refractivity contribution in [1.82, 2.24) is 9.97 Å². The summed E-state index contributed by atoms with van der Waals surface area (Å²) < 4.78 is 39.1. The summed E-state index contributed by atoms with van der Waals surface area (Å²) in [6, 6.07) is 7.10. The van der Waals surface area contributed by atoms with Crippen LogP contribution in [0.3, 0.4) is 0 Å². The van der Waals surface area contributed by atoms with Crippen molar-refractivity contribution in [2.24, 2.45) is 0 Å². The predicted octanol–water partition coefficient (Wildman–Crippen LogP) is 5.52. The van der Waals surface area contributed by atoms with E-state index in [9.17, 15) is 18.4 Å².